The zero-order valence-electron chi connectivity index (χ0n) is 11.2. The van der Waals surface area contributed by atoms with Crippen LogP contribution in [-0.2, 0) is 17.8 Å². The van der Waals surface area contributed by atoms with Crippen LogP contribution in [0, 0.1) is 0 Å². The summed E-state index contributed by atoms with van der Waals surface area (Å²) in [6, 6.07) is 13.1. The third-order valence-electron chi connectivity index (χ3n) is 3.03. The van der Waals surface area contributed by atoms with Gasteiger partial charge in [0.15, 0.2) is 0 Å². The molecular weight excluding hydrogens is 318 g/mol. The molecule has 4 heteroatoms. The molecule has 0 saturated carbocycles. The van der Waals surface area contributed by atoms with Gasteiger partial charge in [0, 0.05) is 10.2 Å². The Labute approximate surface area is 126 Å². The molecule has 20 heavy (non-hydrogen) atoms. The number of rotatable bonds is 4. The molecule has 0 saturated heterocycles. The molecule has 104 valence electrons. The maximum atomic E-state index is 11.9. The summed E-state index contributed by atoms with van der Waals surface area (Å²) in [5, 5.41) is 0. The fourth-order valence-corrected chi connectivity index (χ4v) is 2.02. The number of halogens is 1. The van der Waals surface area contributed by atoms with Crippen LogP contribution in [0.4, 0.5) is 5.69 Å². The minimum atomic E-state index is -0.372. The first kappa shape index (κ1) is 14.6. The molecule has 0 spiro atoms. The Morgan fingerprint density at radius 2 is 1.80 bits per heavy atom. The lowest BCUT2D eigenvalue weighted by molar-refractivity contribution is 0.0473. The first-order chi connectivity index (χ1) is 9.60. The molecule has 0 aliphatic carbocycles. The molecule has 0 unspecified atom stereocenters. The molecule has 2 aromatic carbocycles. The van der Waals surface area contributed by atoms with Crippen LogP contribution in [0.2, 0.25) is 0 Å². The third-order valence-corrected chi connectivity index (χ3v) is 3.76. The average molecular weight is 334 g/mol. The molecule has 0 bridgehead atoms. The topological polar surface area (TPSA) is 52.3 Å². The van der Waals surface area contributed by atoms with Crippen LogP contribution in [0.15, 0.2) is 46.9 Å². The molecule has 2 N–H and O–H groups in total. The highest BCUT2D eigenvalue weighted by Gasteiger charge is 2.09. The van der Waals surface area contributed by atoms with Crippen LogP contribution in [0.1, 0.15) is 28.4 Å². The smallest absolute Gasteiger partial charge is 0.338 e. The second-order valence-corrected chi connectivity index (χ2v) is 5.34. The van der Waals surface area contributed by atoms with E-state index in [0.717, 1.165) is 16.5 Å². The number of hydrogen-bond donors (Lipinski definition) is 1. The van der Waals surface area contributed by atoms with Gasteiger partial charge in [0.1, 0.15) is 6.61 Å². The summed E-state index contributed by atoms with van der Waals surface area (Å²) in [5.41, 5.74) is 8.96. The van der Waals surface area contributed by atoms with Crippen molar-refractivity contribution in [1.29, 1.82) is 0 Å². The van der Waals surface area contributed by atoms with Gasteiger partial charge < -0.3 is 10.5 Å². The highest BCUT2D eigenvalue weighted by molar-refractivity contribution is 9.10. The number of ether oxygens (including phenoxy) is 1. The quantitative estimate of drug-likeness (QED) is 0.680. The Hall–Kier alpha value is -1.81. The zero-order valence-corrected chi connectivity index (χ0v) is 12.8. The van der Waals surface area contributed by atoms with Gasteiger partial charge in [-0.3, -0.25) is 0 Å². The first-order valence-corrected chi connectivity index (χ1v) is 7.19. The minimum Gasteiger partial charge on any atom is -0.457 e. The van der Waals surface area contributed by atoms with Gasteiger partial charge in [-0.25, -0.2) is 4.79 Å². The van der Waals surface area contributed by atoms with E-state index < -0.39 is 0 Å². The highest BCUT2D eigenvalue weighted by Crippen LogP contribution is 2.20. The number of hydrogen-bond acceptors (Lipinski definition) is 3. The highest BCUT2D eigenvalue weighted by atomic mass is 79.9. The summed E-state index contributed by atoms with van der Waals surface area (Å²) in [4.78, 5) is 11.9. The van der Waals surface area contributed by atoms with Crippen LogP contribution in [0.25, 0.3) is 0 Å². The number of carbonyl (C=O) groups is 1. The Kier molecular flexibility index (Phi) is 4.79. The largest absolute Gasteiger partial charge is 0.457 e. The number of carbonyl (C=O) groups excluding carboxylic acids is 1. The molecule has 0 amide bonds. The monoisotopic (exact) mass is 333 g/mol. The molecule has 0 aliphatic heterocycles. The second-order valence-electron chi connectivity index (χ2n) is 4.48. The average Bonchev–Trinajstić information content (AvgIpc) is 2.48. The second kappa shape index (κ2) is 6.57. The van der Waals surface area contributed by atoms with Crippen LogP contribution >= 0.6 is 15.9 Å². The van der Waals surface area contributed by atoms with Crippen molar-refractivity contribution in [1.82, 2.24) is 0 Å². The van der Waals surface area contributed by atoms with Gasteiger partial charge in [-0.05, 0) is 51.7 Å². The van der Waals surface area contributed by atoms with Crippen molar-refractivity contribution in [2.24, 2.45) is 0 Å². The van der Waals surface area contributed by atoms with Crippen molar-refractivity contribution in [3.63, 3.8) is 0 Å². The first-order valence-electron chi connectivity index (χ1n) is 6.40. The molecule has 0 aliphatic rings. The van der Waals surface area contributed by atoms with Crippen molar-refractivity contribution in [3.05, 3.63) is 63.6 Å². The third kappa shape index (κ3) is 3.61. The van der Waals surface area contributed by atoms with Crippen LogP contribution < -0.4 is 5.73 Å². The summed E-state index contributed by atoms with van der Waals surface area (Å²) in [6.07, 6.45) is 0.998. The number of benzene rings is 2. The van der Waals surface area contributed by atoms with E-state index >= 15 is 0 Å². The summed E-state index contributed by atoms with van der Waals surface area (Å²) >= 11 is 3.29. The van der Waals surface area contributed by atoms with E-state index in [2.05, 4.69) is 22.9 Å². The molecule has 2 aromatic rings. The molecule has 0 radical (unpaired) electrons. The van der Waals surface area contributed by atoms with Crippen molar-refractivity contribution >= 4 is 27.6 Å². The Balaban J connectivity index is 1.98. The van der Waals surface area contributed by atoms with Gasteiger partial charge in [0.25, 0.3) is 0 Å². The van der Waals surface area contributed by atoms with E-state index in [9.17, 15) is 4.79 Å². The van der Waals surface area contributed by atoms with Crippen molar-refractivity contribution in [2.75, 3.05) is 5.73 Å². The lowest BCUT2D eigenvalue weighted by Gasteiger charge is -2.07. The molecule has 0 aromatic heterocycles. The van der Waals surface area contributed by atoms with Gasteiger partial charge in [0.05, 0.1) is 5.56 Å². The fraction of sp³-hybridized carbons (Fsp3) is 0.188. The number of nitrogens with two attached hydrogens (primary N) is 1. The Bertz CT molecular complexity index is 608. The molecule has 3 nitrogen and oxygen atoms in total. The van der Waals surface area contributed by atoms with Crippen molar-refractivity contribution in [3.8, 4) is 0 Å². The lowest BCUT2D eigenvalue weighted by atomic mass is 10.1. The number of esters is 1. The minimum absolute atomic E-state index is 0.263. The summed E-state index contributed by atoms with van der Waals surface area (Å²) in [7, 11) is 0. The molecular formula is C16H16BrNO2. The molecule has 0 fully saturated rings. The van der Waals surface area contributed by atoms with Crippen molar-refractivity contribution < 1.29 is 9.53 Å². The summed E-state index contributed by atoms with van der Waals surface area (Å²) in [5.74, 6) is -0.372. The Morgan fingerprint density at radius 3 is 2.40 bits per heavy atom. The van der Waals surface area contributed by atoms with Gasteiger partial charge >= 0.3 is 5.97 Å². The van der Waals surface area contributed by atoms with Crippen LogP contribution in [-0.4, -0.2) is 5.97 Å². The standard InChI is InChI=1S/C16H16BrNO2/c1-2-11-3-5-12(6-4-11)10-20-16(19)13-7-8-14(17)15(18)9-13/h3-9H,2,10,18H2,1H3. The fourth-order valence-electron chi connectivity index (χ4n) is 1.77. The number of anilines is 1. The predicted molar refractivity (Wildman–Crippen MR) is 83.5 cm³/mol. The maximum Gasteiger partial charge on any atom is 0.338 e. The van der Waals surface area contributed by atoms with Gasteiger partial charge in [0.2, 0.25) is 0 Å². The normalized spacial score (nSPS) is 10.3. The number of nitrogen functional groups attached to an aromatic ring is 1. The SMILES string of the molecule is CCc1ccc(COC(=O)c2ccc(Br)c(N)c2)cc1. The van der Waals surface area contributed by atoms with Crippen LogP contribution in [0.5, 0.6) is 0 Å². The number of aryl methyl sites for hydroxylation is 1. The lowest BCUT2D eigenvalue weighted by Crippen LogP contribution is -2.06. The van der Waals surface area contributed by atoms with E-state index in [0.29, 0.717) is 11.3 Å². The van der Waals surface area contributed by atoms with E-state index in [-0.39, 0.29) is 12.6 Å². The van der Waals surface area contributed by atoms with Gasteiger partial charge in [-0.15, -0.1) is 0 Å². The summed E-state index contributed by atoms with van der Waals surface area (Å²) in [6.45, 7) is 2.37. The zero-order chi connectivity index (χ0) is 14.5. The van der Waals surface area contributed by atoms with Gasteiger partial charge in [-0.1, -0.05) is 31.2 Å². The van der Waals surface area contributed by atoms with Crippen molar-refractivity contribution in [2.45, 2.75) is 20.0 Å². The van der Waals surface area contributed by atoms with E-state index in [1.807, 2.05) is 24.3 Å². The molecule has 0 heterocycles. The van der Waals surface area contributed by atoms with E-state index in [1.165, 1.54) is 5.56 Å². The Morgan fingerprint density at radius 1 is 1.15 bits per heavy atom. The molecule has 0 atom stereocenters. The predicted octanol–water partition coefficient (Wildman–Crippen LogP) is 3.95. The van der Waals surface area contributed by atoms with E-state index in [4.69, 9.17) is 10.5 Å². The van der Waals surface area contributed by atoms with E-state index in [1.54, 1.807) is 18.2 Å². The summed E-state index contributed by atoms with van der Waals surface area (Å²) < 4.78 is 6.04. The van der Waals surface area contributed by atoms with Gasteiger partial charge in [-0.2, -0.15) is 0 Å². The molecule has 2 rings (SSSR count). The maximum absolute atomic E-state index is 11.9. The van der Waals surface area contributed by atoms with Crippen LogP contribution in [0.3, 0.4) is 0 Å².